The average Bonchev–Trinajstić information content (AvgIpc) is 2.90. The molecule has 1 aromatic heterocycles. The first-order chi connectivity index (χ1) is 13.0. The number of nitrogens with zero attached hydrogens (tertiary/aromatic N) is 1. The van der Waals surface area contributed by atoms with Crippen LogP contribution >= 0.6 is 23.4 Å². The van der Waals surface area contributed by atoms with E-state index in [9.17, 15) is 4.79 Å². The van der Waals surface area contributed by atoms with E-state index in [1.807, 2.05) is 18.2 Å². The van der Waals surface area contributed by atoms with Gasteiger partial charge in [0.05, 0.1) is 30.0 Å². The first-order valence-corrected chi connectivity index (χ1v) is 10.3. The standard InChI is InChI=1S/C20H23ClN2O3S/c1-13(2)19(14-6-7-16-17(11-14)26-10-4-9-25-16)23-18(24)12-27-20-15(21)5-3-8-22-20/h3,5-8,11,13,19H,4,9-10,12H2,1-2H3,(H,23,24). The maximum atomic E-state index is 12.5. The molecule has 0 saturated heterocycles. The van der Waals surface area contributed by atoms with Crippen LogP contribution in [0, 0.1) is 5.92 Å². The van der Waals surface area contributed by atoms with Crippen molar-refractivity contribution in [1.29, 1.82) is 0 Å². The number of pyridine rings is 1. The molecule has 5 nitrogen and oxygen atoms in total. The number of carbonyl (C=O) groups is 1. The summed E-state index contributed by atoms with van der Waals surface area (Å²) < 4.78 is 11.5. The molecule has 1 amide bonds. The van der Waals surface area contributed by atoms with Crippen LogP contribution < -0.4 is 14.8 Å². The van der Waals surface area contributed by atoms with Crippen molar-refractivity contribution in [3.05, 3.63) is 47.1 Å². The largest absolute Gasteiger partial charge is 0.490 e. The van der Waals surface area contributed by atoms with Gasteiger partial charge in [-0.3, -0.25) is 4.79 Å². The second kappa shape index (κ2) is 9.33. The molecule has 2 heterocycles. The molecule has 1 aliphatic heterocycles. The summed E-state index contributed by atoms with van der Waals surface area (Å²) in [6.45, 7) is 5.45. The van der Waals surface area contributed by atoms with E-state index in [1.54, 1.807) is 18.3 Å². The van der Waals surface area contributed by atoms with E-state index in [2.05, 4.69) is 24.1 Å². The highest BCUT2D eigenvalue weighted by molar-refractivity contribution is 8.00. The summed E-state index contributed by atoms with van der Waals surface area (Å²) in [5.41, 5.74) is 1.00. The minimum atomic E-state index is -0.116. The fourth-order valence-corrected chi connectivity index (χ4v) is 3.81. The van der Waals surface area contributed by atoms with Crippen molar-refractivity contribution in [3.63, 3.8) is 0 Å². The lowest BCUT2D eigenvalue weighted by Crippen LogP contribution is -2.33. The van der Waals surface area contributed by atoms with Crippen LogP contribution in [0.4, 0.5) is 0 Å². The van der Waals surface area contributed by atoms with Crippen molar-refractivity contribution in [2.24, 2.45) is 5.92 Å². The number of hydrogen-bond acceptors (Lipinski definition) is 5. The van der Waals surface area contributed by atoms with Gasteiger partial charge < -0.3 is 14.8 Å². The van der Waals surface area contributed by atoms with Crippen LogP contribution in [0.5, 0.6) is 11.5 Å². The molecule has 0 radical (unpaired) electrons. The summed E-state index contributed by atoms with van der Waals surface area (Å²) in [6.07, 6.45) is 2.53. The monoisotopic (exact) mass is 406 g/mol. The third-order valence-electron chi connectivity index (χ3n) is 4.18. The smallest absolute Gasteiger partial charge is 0.230 e. The molecular weight excluding hydrogens is 384 g/mol. The first-order valence-electron chi connectivity index (χ1n) is 8.97. The third-order valence-corrected chi connectivity index (χ3v) is 5.60. The van der Waals surface area contributed by atoms with E-state index >= 15 is 0 Å². The lowest BCUT2D eigenvalue weighted by molar-refractivity contribution is -0.119. The van der Waals surface area contributed by atoms with Gasteiger partial charge in [-0.05, 0) is 35.7 Å². The Balaban J connectivity index is 1.68. The number of amides is 1. The van der Waals surface area contributed by atoms with Crippen LogP contribution in [-0.4, -0.2) is 29.9 Å². The van der Waals surface area contributed by atoms with Crippen molar-refractivity contribution in [2.75, 3.05) is 19.0 Å². The van der Waals surface area contributed by atoms with E-state index in [0.717, 1.165) is 23.5 Å². The van der Waals surface area contributed by atoms with Gasteiger partial charge in [0.2, 0.25) is 5.91 Å². The van der Waals surface area contributed by atoms with Crippen molar-refractivity contribution < 1.29 is 14.3 Å². The number of fused-ring (bicyclic) bond motifs is 1. The number of hydrogen-bond donors (Lipinski definition) is 1. The fraction of sp³-hybridized carbons (Fsp3) is 0.400. The number of aromatic nitrogens is 1. The predicted molar refractivity (Wildman–Crippen MR) is 108 cm³/mol. The predicted octanol–water partition coefficient (Wildman–Crippen LogP) is 4.50. The van der Waals surface area contributed by atoms with Gasteiger partial charge in [-0.15, -0.1) is 0 Å². The van der Waals surface area contributed by atoms with Gasteiger partial charge in [-0.25, -0.2) is 4.98 Å². The second-order valence-corrected chi connectivity index (χ2v) is 8.00. The molecule has 0 aliphatic carbocycles. The van der Waals surface area contributed by atoms with E-state index in [4.69, 9.17) is 21.1 Å². The van der Waals surface area contributed by atoms with Crippen molar-refractivity contribution in [1.82, 2.24) is 10.3 Å². The summed E-state index contributed by atoms with van der Waals surface area (Å²) in [7, 11) is 0. The number of nitrogens with one attached hydrogen (secondary N) is 1. The summed E-state index contributed by atoms with van der Waals surface area (Å²) in [5, 5.41) is 4.33. The van der Waals surface area contributed by atoms with E-state index in [0.29, 0.717) is 23.3 Å². The molecule has 0 fully saturated rings. The number of ether oxygens (including phenoxy) is 2. The topological polar surface area (TPSA) is 60.5 Å². The fourth-order valence-electron chi connectivity index (χ4n) is 2.83. The summed E-state index contributed by atoms with van der Waals surface area (Å²) in [6, 6.07) is 9.29. The summed E-state index contributed by atoms with van der Waals surface area (Å²) in [5.74, 6) is 1.91. The molecule has 0 saturated carbocycles. The minimum Gasteiger partial charge on any atom is -0.490 e. The molecule has 1 aromatic carbocycles. The molecule has 1 atom stereocenters. The molecule has 7 heteroatoms. The molecule has 1 unspecified atom stereocenters. The highest BCUT2D eigenvalue weighted by Gasteiger charge is 2.21. The maximum Gasteiger partial charge on any atom is 0.230 e. The zero-order valence-electron chi connectivity index (χ0n) is 15.4. The Bertz CT molecular complexity index is 801. The lowest BCUT2D eigenvalue weighted by atomic mass is 9.95. The van der Waals surface area contributed by atoms with Crippen LogP contribution in [0.1, 0.15) is 31.9 Å². The average molecular weight is 407 g/mol. The van der Waals surface area contributed by atoms with Gasteiger partial charge in [0.1, 0.15) is 5.03 Å². The molecule has 3 rings (SSSR count). The van der Waals surface area contributed by atoms with Crippen LogP contribution in [0.3, 0.4) is 0 Å². The Labute approximate surface area is 168 Å². The molecule has 1 aliphatic rings. The summed E-state index contributed by atoms with van der Waals surface area (Å²) in [4.78, 5) is 16.7. The highest BCUT2D eigenvalue weighted by atomic mass is 35.5. The summed E-state index contributed by atoms with van der Waals surface area (Å²) >= 11 is 7.43. The maximum absolute atomic E-state index is 12.5. The van der Waals surface area contributed by atoms with Gasteiger partial charge in [0.15, 0.2) is 11.5 Å². The number of halogens is 1. The molecular formula is C20H23ClN2O3S. The molecule has 2 aromatic rings. The Kier molecular flexibility index (Phi) is 6.85. The quantitative estimate of drug-likeness (QED) is 0.715. The SMILES string of the molecule is CC(C)C(NC(=O)CSc1ncccc1Cl)c1ccc2c(c1)OCCCO2. The van der Waals surface area contributed by atoms with Crippen LogP contribution in [-0.2, 0) is 4.79 Å². The number of benzene rings is 1. The van der Waals surface area contributed by atoms with Crippen molar-refractivity contribution in [3.8, 4) is 11.5 Å². The third kappa shape index (κ3) is 5.30. The van der Waals surface area contributed by atoms with Gasteiger partial charge in [-0.2, -0.15) is 0 Å². The lowest BCUT2D eigenvalue weighted by Gasteiger charge is -2.24. The Hall–Kier alpha value is -1.92. The van der Waals surface area contributed by atoms with E-state index < -0.39 is 0 Å². The first kappa shape index (κ1) is 19.8. The molecule has 0 bridgehead atoms. The number of carbonyl (C=O) groups excluding carboxylic acids is 1. The Morgan fingerprint density at radius 3 is 2.78 bits per heavy atom. The Morgan fingerprint density at radius 2 is 2.04 bits per heavy atom. The van der Waals surface area contributed by atoms with Crippen molar-refractivity contribution >= 4 is 29.3 Å². The van der Waals surface area contributed by atoms with Crippen molar-refractivity contribution in [2.45, 2.75) is 31.3 Å². The van der Waals surface area contributed by atoms with Gasteiger partial charge in [0, 0.05) is 12.6 Å². The van der Waals surface area contributed by atoms with Gasteiger partial charge in [0.25, 0.3) is 0 Å². The van der Waals surface area contributed by atoms with E-state index in [1.165, 1.54) is 11.8 Å². The molecule has 1 N–H and O–H groups in total. The van der Waals surface area contributed by atoms with E-state index in [-0.39, 0.29) is 23.6 Å². The van der Waals surface area contributed by atoms with Gasteiger partial charge >= 0.3 is 0 Å². The molecule has 0 spiro atoms. The minimum absolute atomic E-state index is 0.0625. The molecule has 144 valence electrons. The normalized spacial score (nSPS) is 14.5. The van der Waals surface area contributed by atoms with Gasteiger partial charge in [-0.1, -0.05) is 43.3 Å². The second-order valence-electron chi connectivity index (χ2n) is 6.62. The highest BCUT2D eigenvalue weighted by Crippen LogP contribution is 2.34. The molecule has 27 heavy (non-hydrogen) atoms. The zero-order chi connectivity index (χ0) is 19.2. The zero-order valence-corrected chi connectivity index (χ0v) is 17.0. The van der Waals surface area contributed by atoms with Crippen LogP contribution in [0.15, 0.2) is 41.6 Å². The number of rotatable bonds is 6. The van der Waals surface area contributed by atoms with Crippen LogP contribution in [0.25, 0.3) is 0 Å². The Morgan fingerprint density at radius 1 is 1.26 bits per heavy atom. The van der Waals surface area contributed by atoms with Crippen LogP contribution in [0.2, 0.25) is 5.02 Å². The number of thioether (sulfide) groups is 1.